The van der Waals surface area contributed by atoms with E-state index < -0.39 is 0 Å². The number of nitrogens with one attached hydrogen (secondary N) is 2. The van der Waals surface area contributed by atoms with Crippen molar-refractivity contribution in [3.8, 4) is 0 Å². The molecular weight excluding hydrogens is 306 g/mol. The van der Waals surface area contributed by atoms with E-state index in [9.17, 15) is 4.79 Å². The largest absolute Gasteiger partial charge is 0.467 e. The number of amides is 1. The van der Waals surface area contributed by atoms with Gasteiger partial charge in [0, 0.05) is 11.9 Å². The number of aryl methyl sites for hydroxylation is 1. The van der Waals surface area contributed by atoms with Gasteiger partial charge in [-0.25, -0.2) is 9.97 Å². The molecule has 0 aromatic carbocycles. The van der Waals surface area contributed by atoms with Gasteiger partial charge in [0.2, 0.25) is 5.95 Å². The summed E-state index contributed by atoms with van der Waals surface area (Å²) < 4.78 is 5.19. The molecule has 3 aromatic heterocycles. The number of furan rings is 1. The molecule has 0 unspecified atom stereocenters. The molecule has 0 saturated heterocycles. The molecule has 0 aliphatic heterocycles. The summed E-state index contributed by atoms with van der Waals surface area (Å²) in [4.78, 5) is 25.0. The first-order valence-electron chi connectivity index (χ1n) is 7.51. The lowest BCUT2D eigenvalue weighted by Crippen LogP contribution is -2.24. The topological polar surface area (TPSA) is 92.9 Å². The van der Waals surface area contributed by atoms with Crippen LogP contribution in [0.2, 0.25) is 0 Å². The summed E-state index contributed by atoms with van der Waals surface area (Å²) in [5, 5.41) is 5.85. The average Bonchev–Trinajstić information content (AvgIpc) is 3.12. The van der Waals surface area contributed by atoms with Crippen LogP contribution in [0, 0.1) is 6.92 Å². The number of rotatable bonds is 6. The van der Waals surface area contributed by atoms with Gasteiger partial charge in [0.25, 0.3) is 5.91 Å². The predicted molar refractivity (Wildman–Crippen MR) is 88.2 cm³/mol. The van der Waals surface area contributed by atoms with Gasteiger partial charge in [-0.3, -0.25) is 9.78 Å². The summed E-state index contributed by atoms with van der Waals surface area (Å²) in [6, 6.07) is 10.9. The highest BCUT2D eigenvalue weighted by molar-refractivity contribution is 5.92. The minimum absolute atomic E-state index is 0.280. The van der Waals surface area contributed by atoms with Gasteiger partial charge in [0.1, 0.15) is 11.5 Å². The first-order chi connectivity index (χ1) is 11.7. The molecule has 2 N–H and O–H groups in total. The minimum atomic E-state index is -0.280. The van der Waals surface area contributed by atoms with E-state index in [0.717, 1.165) is 5.69 Å². The van der Waals surface area contributed by atoms with Gasteiger partial charge in [-0.2, -0.15) is 0 Å². The molecule has 0 saturated carbocycles. The average molecular weight is 323 g/mol. The zero-order valence-electron chi connectivity index (χ0n) is 13.2. The van der Waals surface area contributed by atoms with Crippen molar-refractivity contribution in [3.05, 3.63) is 71.7 Å². The monoisotopic (exact) mass is 323 g/mol. The van der Waals surface area contributed by atoms with E-state index in [1.165, 1.54) is 0 Å². The van der Waals surface area contributed by atoms with Crippen LogP contribution < -0.4 is 10.6 Å². The number of aromatic nitrogens is 3. The number of anilines is 1. The Kier molecular flexibility index (Phi) is 4.81. The highest BCUT2D eigenvalue weighted by Crippen LogP contribution is 2.07. The van der Waals surface area contributed by atoms with Gasteiger partial charge in [-0.15, -0.1) is 0 Å². The van der Waals surface area contributed by atoms with E-state index in [0.29, 0.717) is 36.2 Å². The number of nitrogens with zero attached hydrogens (tertiary/aromatic N) is 3. The van der Waals surface area contributed by atoms with E-state index in [4.69, 9.17) is 4.42 Å². The van der Waals surface area contributed by atoms with E-state index in [1.807, 2.05) is 25.1 Å². The highest BCUT2D eigenvalue weighted by Gasteiger charge is 2.11. The Labute approximate surface area is 139 Å². The molecule has 24 heavy (non-hydrogen) atoms. The molecule has 122 valence electrons. The second-order valence-corrected chi connectivity index (χ2v) is 5.15. The Bertz CT molecular complexity index is 803. The lowest BCUT2D eigenvalue weighted by atomic mass is 10.3. The minimum Gasteiger partial charge on any atom is -0.467 e. The lowest BCUT2D eigenvalue weighted by molar-refractivity contribution is 0.0943. The zero-order valence-corrected chi connectivity index (χ0v) is 13.2. The summed E-state index contributed by atoms with van der Waals surface area (Å²) in [6.07, 6.45) is 3.29. The molecule has 0 fully saturated rings. The summed E-state index contributed by atoms with van der Waals surface area (Å²) in [7, 11) is 0. The second kappa shape index (κ2) is 7.36. The molecule has 3 rings (SSSR count). The molecule has 0 aliphatic carbocycles. The Morgan fingerprint density at radius 3 is 2.83 bits per heavy atom. The molecule has 7 nitrogen and oxygen atoms in total. The molecule has 3 aromatic rings. The number of carbonyl (C=O) groups is 1. The third kappa shape index (κ3) is 4.16. The summed E-state index contributed by atoms with van der Waals surface area (Å²) in [5.74, 6) is 0.796. The Morgan fingerprint density at radius 1 is 1.17 bits per heavy atom. The number of hydrogen-bond donors (Lipinski definition) is 2. The maximum Gasteiger partial charge on any atom is 0.270 e. The van der Waals surface area contributed by atoms with E-state index in [1.54, 1.807) is 30.7 Å². The van der Waals surface area contributed by atoms with Crippen LogP contribution in [0.3, 0.4) is 0 Å². The standard InChI is InChI=1S/C17H17N5O2/c1-12-9-15(16(23)19-11-14-6-4-8-24-14)22-17(21-12)20-10-13-5-2-3-7-18-13/h2-9H,10-11H2,1H3,(H,19,23)(H,20,21,22). The molecular formula is C17H17N5O2. The Morgan fingerprint density at radius 2 is 2.08 bits per heavy atom. The fraction of sp³-hybridized carbons (Fsp3) is 0.176. The van der Waals surface area contributed by atoms with Crippen LogP contribution in [0.1, 0.15) is 27.6 Å². The molecule has 7 heteroatoms. The SMILES string of the molecule is Cc1cc(C(=O)NCc2ccco2)nc(NCc2ccccn2)n1. The summed E-state index contributed by atoms with van der Waals surface area (Å²) in [6.45, 7) is 2.61. The molecule has 0 aliphatic rings. The van der Waals surface area contributed by atoms with Gasteiger partial charge in [0.15, 0.2) is 0 Å². The smallest absolute Gasteiger partial charge is 0.270 e. The first-order valence-corrected chi connectivity index (χ1v) is 7.51. The third-order valence-electron chi connectivity index (χ3n) is 3.24. The molecule has 3 heterocycles. The van der Waals surface area contributed by atoms with Crippen LogP contribution in [0.5, 0.6) is 0 Å². The van der Waals surface area contributed by atoms with Crippen molar-refractivity contribution < 1.29 is 9.21 Å². The van der Waals surface area contributed by atoms with Gasteiger partial charge >= 0.3 is 0 Å². The van der Waals surface area contributed by atoms with Gasteiger partial charge in [0.05, 0.1) is 25.0 Å². The van der Waals surface area contributed by atoms with Crippen LogP contribution in [0.25, 0.3) is 0 Å². The van der Waals surface area contributed by atoms with Crippen molar-refractivity contribution in [1.29, 1.82) is 0 Å². The van der Waals surface area contributed by atoms with E-state index in [2.05, 4.69) is 25.6 Å². The summed E-state index contributed by atoms with van der Waals surface area (Å²) in [5.41, 5.74) is 1.88. The fourth-order valence-corrected chi connectivity index (χ4v) is 2.11. The van der Waals surface area contributed by atoms with Crippen LogP contribution in [-0.4, -0.2) is 20.9 Å². The Hall–Kier alpha value is -3.22. The highest BCUT2D eigenvalue weighted by atomic mass is 16.3. The summed E-state index contributed by atoms with van der Waals surface area (Å²) >= 11 is 0. The third-order valence-corrected chi connectivity index (χ3v) is 3.24. The van der Waals surface area contributed by atoms with Gasteiger partial charge < -0.3 is 15.1 Å². The van der Waals surface area contributed by atoms with Gasteiger partial charge in [-0.1, -0.05) is 6.07 Å². The van der Waals surface area contributed by atoms with E-state index in [-0.39, 0.29) is 5.91 Å². The predicted octanol–water partition coefficient (Wildman–Crippen LogP) is 2.32. The van der Waals surface area contributed by atoms with Crippen LogP contribution in [-0.2, 0) is 13.1 Å². The van der Waals surface area contributed by atoms with Crippen LogP contribution in [0.4, 0.5) is 5.95 Å². The van der Waals surface area contributed by atoms with Crippen molar-refractivity contribution in [1.82, 2.24) is 20.3 Å². The Balaban J connectivity index is 1.65. The van der Waals surface area contributed by atoms with Gasteiger partial charge in [-0.05, 0) is 37.3 Å². The second-order valence-electron chi connectivity index (χ2n) is 5.15. The molecule has 1 amide bonds. The van der Waals surface area contributed by atoms with Crippen LogP contribution in [0.15, 0.2) is 53.3 Å². The number of hydrogen-bond acceptors (Lipinski definition) is 6. The van der Waals surface area contributed by atoms with Crippen molar-refractivity contribution in [2.75, 3.05) is 5.32 Å². The maximum absolute atomic E-state index is 12.2. The molecule has 0 radical (unpaired) electrons. The lowest BCUT2D eigenvalue weighted by Gasteiger charge is -2.08. The maximum atomic E-state index is 12.2. The first kappa shape index (κ1) is 15.7. The molecule has 0 spiro atoms. The number of carbonyl (C=O) groups excluding carboxylic acids is 1. The number of pyridine rings is 1. The molecule has 0 atom stereocenters. The quantitative estimate of drug-likeness (QED) is 0.723. The van der Waals surface area contributed by atoms with E-state index >= 15 is 0 Å². The van der Waals surface area contributed by atoms with Crippen molar-refractivity contribution >= 4 is 11.9 Å². The zero-order chi connectivity index (χ0) is 16.8. The normalized spacial score (nSPS) is 10.4. The fourth-order valence-electron chi connectivity index (χ4n) is 2.11. The van der Waals surface area contributed by atoms with Crippen molar-refractivity contribution in [2.24, 2.45) is 0 Å². The van der Waals surface area contributed by atoms with Crippen LogP contribution >= 0.6 is 0 Å². The van der Waals surface area contributed by atoms with Crippen molar-refractivity contribution in [2.45, 2.75) is 20.0 Å². The van der Waals surface area contributed by atoms with Crippen molar-refractivity contribution in [3.63, 3.8) is 0 Å². The molecule has 0 bridgehead atoms.